The molecule has 1 aromatic heterocycles. The predicted molar refractivity (Wildman–Crippen MR) is 86.5 cm³/mol. The molecule has 1 N–H and O–H groups in total. The average Bonchev–Trinajstić information content (AvgIpc) is 2.92. The van der Waals surface area contributed by atoms with E-state index in [1.807, 2.05) is 28.8 Å². The van der Waals surface area contributed by atoms with Crippen LogP contribution in [0, 0.1) is 0 Å². The highest BCUT2D eigenvalue weighted by molar-refractivity contribution is 9.10. The molecular formula is C16H16BrN3O3. The number of para-hydroxylation sites is 1. The van der Waals surface area contributed by atoms with E-state index in [0.717, 1.165) is 23.6 Å². The molecule has 0 aliphatic carbocycles. The zero-order chi connectivity index (χ0) is 15.8. The number of imidazole rings is 1. The summed E-state index contributed by atoms with van der Waals surface area (Å²) in [5.74, 6) is 1.49. The van der Waals surface area contributed by atoms with Crippen molar-refractivity contribution in [2.75, 3.05) is 13.2 Å². The predicted octanol–water partition coefficient (Wildman–Crippen LogP) is 1.91. The van der Waals surface area contributed by atoms with Gasteiger partial charge in [0, 0.05) is 6.54 Å². The topological polar surface area (TPSA) is 65.4 Å². The molecule has 4 rings (SSSR count). The van der Waals surface area contributed by atoms with E-state index in [1.165, 1.54) is 0 Å². The lowest BCUT2D eigenvalue weighted by atomic mass is 10.0. The van der Waals surface area contributed by atoms with Crippen molar-refractivity contribution in [2.24, 2.45) is 0 Å². The van der Waals surface area contributed by atoms with Crippen LogP contribution in [-0.2, 0) is 24.3 Å². The highest BCUT2D eigenvalue weighted by atomic mass is 79.9. The first-order chi connectivity index (χ1) is 11.2. The smallest absolute Gasteiger partial charge is 0.273 e. The number of fused-ring (bicyclic) bond motifs is 2. The van der Waals surface area contributed by atoms with Crippen LogP contribution in [0.3, 0.4) is 0 Å². The maximum absolute atomic E-state index is 12.6. The zero-order valence-corrected chi connectivity index (χ0v) is 14.0. The Morgan fingerprint density at radius 2 is 2.26 bits per heavy atom. The molecule has 2 aliphatic heterocycles. The van der Waals surface area contributed by atoms with Crippen molar-refractivity contribution < 1.29 is 14.3 Å². The van der Waals surface area contributed by atoms with Gasteiger partial charge in [-0.1, -0.05) is 18.2 Å². The molecule has 7 heteroatoms. The molecule has 1 amide bonds. The van der Waals surface area contributed by atoms with E-state index >= 15 is 0 Å². The Morgan fingerprint density at radius 1 is 1.39 bits per heavy atom. The van der Waals surface area contributed by atoms with Gasteiger partial charge in [-0.05, 0) is 34.0 Å². The molecule has 1 atom stereocenters. The summed E-state index contributed by atoms with van der Waals surface area (Å²) in [5.41, 5.74) is 1.52. The monoisotopic (exact) mass is 377 g/mol. The van der Waals surface area contributed by atoms with Crippen LogP contribution in [0.2, 0.25) is 0 Å². The summed E-state index contributed by atoms with van der Waals surface area (Å²) in [4.78, 5) is 16.9. The van der Waals surface area contributed by atoms with Crippen molar-refractivity contribution in [2.45, 2.75) is 25.6 Å². The van der Waals surface area contributed by atoms with Gasteiger partial charge in [0.1, 0.15) is 29.4 Å². The standard InChI is InChI=1S/C16H16BrN3O3/c17-15-14(19-13-9-22-6-5-20(13)15)16(21)18-11-7-10-3-1-2-4-12(10)23-8-11/h1-4,11H,5-9H2,(H,18,21)/t11-/m1/s1. The molecule has 0 saturated heterocycles. The second-order valence-corrected chi connectivity index (χ2v) is 6.42. The van der Waals surface area contributed by atoms with Gasteiger partial charge in [-0.25, -0.2) is 4.98 Å². The fourth-order valence-electron chi connectivity index (χ4n) is 2.95. The summed E-state index contributed by atoms with van der Waals surface area (Å²) in [5, 5.41) is 3.02. The van der Waals surface area contributed by atoms with Gasteiger partial charge in [0.25, 0.3) is 5.91 Å². The Labute approximate surface area is 141 Å². The average molecular weight is 378 g/mol. The molecule has 0 fully saturated rings. The minimum Gasteiger partial charge on any atom is -0.491 e. The van der Waals surface area contributed by atoms with Gasteiger partial charge in [0.2, 0.25) is 0 Å². The fourth-order valence-corrected chi connectivity index (χ4v) is 3.60. The van der Waals surface area contributed by atoms with Crippen LogP contribution in [0.1, 0.15) is 21.9 Å². The first kappa shape index (κ1) is 14.7. The third kappa shape index (κ3) is 2.74. The number of halogens is 1. The molecule has 23 heavy (non-hydrogen) atoms. The summed E-state index contributed by atoms with van der Waals surface area (Å²) in [7, 11) is 0. The lowest BCUT2D eigenvalue weighted by molar-refractivity contribution is 0.0808. The maximum atomic E-state index is 12.6. The van der Waals surface area contributed by atoms with Gasteiger partial charge in [-0.2, -0.15) is 0 Å². The van der Waals surface area contributed by atoms with Crippen molar-refractivity contribution in [3.8, 4) is 5.75 Å². The number of benzene rings is 1. The molecular weight excluding hydrogens is 362 g/mol. The second kappa shape index (κ2) is 5.98. The molecule has 3 heterocycles. The number of nitrogens with one attached hydrogen (secondary N) is 1. The Bertz CT molecular complexity index is 759. The molecule has 2 aliphatic rings. The van der Waals surface area contributed by atoms with Gasteiger partial charge in [-0.15, -0.1) is 0 Å². The Morgan fingerprint density at radius 3 is 3.13 bits per heavy atom. The van der Waals surface area contributed by atoms with Gasteiger partial charge in [-0.3, -0.25) is 4.79 Å². The molecule has 0 bridgehead atoms. The van der Waals surface area contributed by atoms with Crippen molar-refractivity contribution in [3.05, 3.63) is 46.0 Å². The van der Waals surface area contributed by atoms with Crippen molar-refractivity contribution in [1.29, 1.82) is 0 Å². The third-order valence-corrected chi connectivity index (χ3v) is 4.91. The zero-order valence-electron chi connectivity index (χ0n) is 12.4. The Hall–Kier alpha value is -1.86. The molecule has 0 unspecified atom stereocenters. The van der Waals surface area contributed by atoms with Crippen LogP contribution in [0.4, 0.5) is 0 Å². The molecule has 120 valence electrons. The molecule has 0 radical (unpaired) electrons. The number of hydrogen-bond acceptors (Lipinski definition) is 4. The van der Waals surface area contributed by atoms with E-state index in [9.17, 15) is 4.79 Å². The summed E-state index contributed by atoms with van der Waals surface area (Å²) >= 11 is 3.48. The molecule has 6 nitrogen and oxygen atoms in total. The normalized spacial score (nSPS) is 19.4. The minimum absolute atomic E-state index is 0.0562. The van der Waals surface area contributed by atoms with Crippen LogP contribution in [0.5, 0.6) is 5.75 Å². The van der Waals surface area contributed by atoms with Crippen LogP contribution < -0.4 is 10.1 Å². The van der Waals surface area contributed by atoms with Crippen molar-refractivity contribution >= 4 is 21.8 Å². The SMILES string of the molecule is O=C(N[C@H]1COc2ccccc2C1)c1nc2n(c1Br)CCOC2. The molecule has 2 aromatic rings. The first-order valence-corrected chi connectivity index (χ1v) is 8.36. The fraction of sp³-hybridized carbons (Fsp3) is 0.375. The van der Waals surface area contributed by atoms with E-state index in [0.29, 0.717) is 36.7 Å². The number of hydrogen-bond donors (Lipinski definition) is 1. The minimum atomic E-state index is -0.188. The summed E-state index contributed by atoms with van der Waals surface area (Å²) < 4.78 is 13.8. The number of rotatable bonds is 2. The van der Waals surface area contributed by atoms with Crippen LogP contribution in [0.25, 0.3) is 0 Å². The number of aromatic nitrogens is 2. The third-order valence-electron chi connectivity index (χ3n) is 4.10. The quantitative estimate of drug-likeness (QED) is 0.867. The van der Waals surface area contributed by atoms with Gasteiger partial charge in [0.15, 0.2) is 5.69 Å². The molecule has 0 spiro atoms. The largest absolute Gasteiger partial charge is 0.491 e. The highest BCUT2D eigenvalue weighted by Crippen LogP contribution is 2.25. The second-order valence-electron chi connectivity index (χ2n) is 5.66. The van der Waals surface area contributed by atoms with Crippen molar-refractivity contribution in [3.63, 3.8) is 0 Å². The lowest BCUT2D eigenvalue weighted by Crippen LogP contribution is -2.43. The van der Waals surface area contributed by atoms with E-state index in [1.54, 1.807) is 0 Å². The summed E-state index contributed by atoms with van der Waals surface area (Å²) in [6.45, 7) is 2.25. The van der Waals surface area contributed by atoms with Gasteiger partial charge < -0.3 is 19.4 Å². The highest BCUT2D eigenvalue weighted by Gasteiger charge is 2.26. The van der Waals surface area contributed by atoms with E-state index < -0.39 is 0 Å². The summed E-state index contributed by atoms with van der Waals surface area (Å²) in [6, 6.07) is 7.85. The molecule has 1 aromatic carbocycles. The number of nitrogens with zero attached hydrogens (tertiary/aromatic N) is 2. The number of carbonyl (C=O) groups excluding carboxylic acids is 1. The van der Waals surface area contributed by atoms with E-state index in [4.69, 9.17) is 9.47 Å². The van der Waals surface area contributed by atoms with Gasteiger partial charge >= 0.3 is 0 Å². The first-order valence-electron chi connectivity index (χ1n) is 7.56. The van der Waals surface area contributed by atoms with Crippen LogP contribution in [-0.4, -0.2) is 34.7 Å². The van der Waals surface area contributed by atoms with E-state index in [-0.39, 0.29) is 11.9 Å². The lowest BCUT2D eigenvalue weighted by Gasteiger charge is -2.25. The maximum Gasteiger partial charge on any atom is 0.273 e. The Kier molecular flexibility index (Phi) is 3.82. The van der Waals surface area contributed by atoms with Crippen LogP contribution >= 0.6 is 15.9 Å². The Balaban J connectivity index is 1.50. The summed E-state index contributed by atoms with van der Waals surface area (Å²) in [6.07, 6.45) is 0.760. The number of amides is 1. The van der Waals surface area contributed by atoms with Crippen molar-refractivity contribution in [1.82, 2.24) is 14.9 Å². The van der Waals surface area contributed by atoms with E-state index in [2.05, 4.69) is 26.2 Å². The number of carbonyl (C=O) groups is 1. The van der Waals surface area contributed by atoms with Gasteiger partial charge in [0.05, 0.1) is 12.6 Å². The molecule has 0 saturated carbocycles. The van der Waals surface area contributed by atoms with Crippen LogP contribution in [0.15, 0.2) is 28.9 Å². The number of ether oxygens (including phenoxy) is 2.